The number of carbonyl (C=O) groups excluding carboxylic acids is 2. The van der Waals surface area contributed by atoms with Gasteiger partial charge in [-0.05, 0) is 47.2 Å². The molecule has 0 unspecified atom stereocenters. The average Bonchev–Trinajstić information content (AvgIpc) is 2.01. The Morgan fingerprint density at radius 2 is 2.15 bits per heavy atom. The predicted molar refractivity (Wildman–Crippen MR) is 57.8 cm³/mol. The number of primary amides is 1. The minimum Gasteiger partial charge on any atom is -0.366 e. The van der Waals surface area contributed by atoms with Crippen LogP contribution in [-0.4, -0.2) is 12.2 Å². The van der Waals surface area contributed by atoms with Crippen molar-refractivity contribution >= 4 is 34.8 Å². The fourth-order valence-electron chi connectivity index (χ4n) is 1.20. The monoisotopic (exact) mass is 289 g/mol. The molecule has 3 nitrogen and oxygen atoms in total. The van der Waals surface area contributed by atoms with Gasteiger partial charge < -0.3 is 5.73 Å². The van der Waals surface area contributed by atoms with Crippen LogP contribution < -0.4 is 5.73 Å². The number of amides is 1. The Morgan fingerprint density at radius 1 is 1.54 bits per heavy atom. The molecule has 0 aliphatic carbocycles. The Balaban J connectivity index is 3.47. The molecule has 0 atom stereocenters. The maximum atomic E-state index is 11.0. The molecule has 0 radical (unpaired) electrons. The van der Waals surface area contributed by atoms with Gasteiger partial charge in [0.1, 0.15) is 0 Å². The molecule has 0 spiro atoms. The highest BCUT2D eigenvalue weighted by Crippen LogP contribution is 2.16. The summed E-state index contributed by atoms with van der Waals surface area (Å²) in [5, 5.41) is 0. The van der Waals surface area contributed by atoms with E-state index in [1.807, 2.05) is 6.07 Å². The van der Waals surface area contributed by atoms with Crippen molar-refractivity contribution in [3.8, 4) is 0 Å². The van der Waals surface area contributed by atoms with Gasteiger partial charge in [0, 0.05) is 9.13 Å². The Bertz CT molecular complexity index is 374. The van der Waals surface area contributed by atoms with Crippen LogP contribution in [0.5, 0.6) is 0 Å². The number of aldehydes is 1. The van der Waals surface area contributed by atoms with E-state index in [4.69, 9.17) is 5.73 Å². The number of benzene rings is 1. The molecule has 0 aliphatic rings. The molecule has 0 bridgehead atoms. The minimum atomic E-state index is -0.559. The number of aryl methyl sites for hydroxylation is 1. The Morgan fingerprint density at radius 3 is 2.62 bits per heavy atom. The van der Waals surface area contributed by atoms with Crippen molar-refractivity contribution in [1.82, 2.24) is 0 Å². The lowest BCUT2D eigenvalue weighted by molar-refractivity contribution is 0.0992. The zero-order valence-corrected chi connectivity index (χ0v) is 9.16. The Hall–Kier alpha value is -0.910. The maximum Gasteiger partial charge on any atom is 0.249 e. The summed E-state index contributed by atoms with van der Waals surface area (Å²) in [6.45, 7) is 1.76. The molecule has 0 saturated carbocycles. The first-order valence-electron chi connectivity index (χ1n) is 3.61. The van der Waals surface area contributed by atoms with Gasteiger partial charge in [0.2, 0.25) is 5.91 Å². The average molecular weight is 289 g/mol. The molecule has 1 rings (SSSR count). The molecule has 4 heteroatoms. The van der Waals surface area contributed by atoms with Crippen molar-refractivity contribution < 1.29 is 9.59 Å². The first-order chi connectivity index (χ1) is 6.06. The third kappa shape index (κ3) is 2.06. The standard InChI is InChI=1S/C9H8INO2/c1-5-2-7(10)3-6(4-12)8(5)9(11)13/h2-4H,1H3,(H2,11,13). The van der Waals surface area contributed by atoms with E-state index in [1.165, 1.54) is 0 Å². The Kier molecular flexibility index (Phi) is 3.02. The van der Waals surface area contributed by atoms with E-state index < -0.39 is 5.91 Å². The fraction of sp³-hybridized carbons (Fsp3) is 0.111. The first-order valence-corrected chi connectivity index (χ1v) is 4.69. The second-order valence-corrected chi connectivity index (χ2v) is 3.91. The quantitative estimate of drug-likeness (QED) is 0.662. The van der Waals surface area contributed by atoms with E-state index in [0.717, 1.165) is 9.13 Å². The summed E-state index contributed by atoms with van der Waals surface area (Å²) in [6, 6.07) is 3.45. The van der Waals surface area contributed by atoms with Gasteiger partial charge in [0.15, 0.2) is 6.29 Å². The summed E-state index contributed by atoms with van der Waals surface area (Å²) in [5.41, 5.74) is 6.55. The van der Waals surface area contributed by atoms with Crippen LogP contribution >= 0.6 is 22.6 Å². The number of hydrogen-bond acceptors (Lipinski definition) is 2. The van der Waals surface area contributed by atoms with Crippen LogP contribution in [0.3, 0.4) is 0 Å². The van der Waals surface area contributed by atoms with Crippen molar-refractivity contribution in [2.75, 3.05) is 0 Å². The molecule has 0 saturated heterocycles. The lowest BCUT2D eigenvalue weighted by Gasteiger charge is -2.05. The van der Waals surface area contributed by atoms with E-state index >= 15 is 0 Å². The third-order valence-electron chi connectivity index (χ3n) is 1.70. The summed E-state index contributed by atoms with van der Waals surface area (Å²) in [6.07, 6.45) is 0.648. The van der Waals surface area contributed by atoms with Gasteiger partial charge in [-0.2, -0.15) is 0 Å². The SMILES string of the molecule is Cc1cc(I)cc(C=O)c1C(N)=O. The normalized spacial score (nSPS) is 9.69. The van der Waals surface area contributed by atoms with Crippen LogP contribution in [0.1, 0.15) is 26.3 Å². The van der Waals surface area contributed by atoms with Gasteiger partial charge in [-0.1, -0.05) is 0 Å². The molecule has 68 valence electrons. The lowest BCUT2D eigenvalue weighted by Crippen LogP contribution is -2.15. The van der Waals surface area contributed by atoms with Crippen LogP contribution in [0.4, 0.5) is 0 Å². The number of nitrogens with two attached hydrogens (primary N) is 1. The highest BCUT2D eigenvalue weighted by molar-refractivity contribution is 14.1. The summed E-state index contributed by atoms with van der Waals surface area (Å²) in [7, 11) is 0. The highest BCUT2D eigenvalue weighted by Gasteiger charge is 2.11. The van der Waals surface area contributed by atoms with Crippen molar-refractivity contribution in [2.45, 2.75) is 6.92 Å². The second kappa shape index (κ2) is 3.87. The topological polar surface area (TPSA) is 60.2 Å². The van der Waals surface area contributed by atoms with Crippen molar-refractivity contribution in [1.29, 1.82) is 0 Å². The van der Waals surface area contributed by atoms with E-state index in [2.05, 4.69) is 22.6 Å². The van der Waals surface area contributed by atoms with Crippen LogP contribution in [-0.2, 0) is 0 Å². The molecule has 1 amide bonds. The number of carbonyl (C=O) groups is 2. The zero-order chi connectivity index (χ0) is 10.0. The Labute approximate surface area is 89.5 Å². The van der Waals surface area contributed by atoms with Crippen molar-refractivity contribution in [3.05, 3.63) is 32.4 Å². The minimum absolute atomic E-state index is 0.315. The lowest BCUT2D eigenvalue weighted by atomic mass is 10.0. The zero-order valence-electron chi connectivity index (χ0n) is 7.00. The molecule has 0 aliphatic heterocycles. The van der Waals surface area contributed by atoms with Crippen molar-refractivity contribution in [3.63, 3.8) is 0 Å². The first kappa shape index (κ1) is 10.2. The summed E-state index contributed by atoms with van der Waals surface area (Å²) in [4.78, 5) is 21.6. The number of hydrogen-bond donors (Lipinski definition) is 1. The third-order valence-corrected chi connectivity index (χ3v) is 2.33. The second-order valence-electron chi connectivity index (χ2n) is 2.67. The fourth-order valence-corrected chi connectivity index (χ4v) is 2.00. The largest absolute Gasteiger partial charge is 0.366 e. The van der Waals surface area contributed by atoms with Gasteiger partial charge >= 0.3 is 0 Å². The predicted octanol–water partition coefficient (Wildman–Crippen LogP) is 1.51. The van der Waals surface area contributed by atoms with E-state index in [0.29, 0.717) is 17.4 Å². The number of halogens is 1. The van der Waals surface area contributed by atoms with Gasteiger partial charge in [0.25, 0.3) is 0 Å². The summed E-state index contributed by atoms with van der Waals surface area (Å²) < 4.78 is 0.919. The van der Waals surface area contributed by atoms with Gasteiger partial charge in [-0.15, -0.1) is 0 Å². The smallest absolute Gasteiger partial charge is 0.249 e. The van der Waals surface area contributed by atoms with Gasteiger partial charge in [-0.3, -0.25) is 9.59 Å². The molecule has 13 heavy (non-hydrogen) atoms. The summed E-state index contributed by atoms with van der Waals surface area (Å²) >= 11 is 2.08. The van der Waals surface area contributed by atoms with Crippen LogP contribution in [0.15, 0.2) is 12.1 Å². The number of rotatable bonds is 2. The molecule has 0 aromatic heterocycles. The molecule has 1 aromatic rings. The van der Waals surface area contributed by atoms with E-state index in [1.54, 1.807) is 13.0 Å². The molecule has 0 heterocycles. The highest BCUT2D eigenvalue weighted by atomic mass is 127. The summed E-state index contributed by atoms with van der Waals surface area (Å²) in [5.74, 6) is -0.559. The van der Waals surface area contributed by atoms with Crippen LogP contribution in [0.25, 0.3) is 0 Å². The van der Waals surface area contributed by atoms with Crippen molar-refractivity contribution in [2.24, 2.45) is 5.73 Å². The van der Waals surface area contributed by atoms with Crippen LogP contribution in [0, 0.1) is 10.5 Å². The maximum absolute atomic E-state index is 11.0. The molecular weight excluding hydrogens is 281 g/mol. The van der Waals surface area contributed by atoms with E-state index in [-0.39, 0.29) is 0 Å². The van der Waals surface area contributed by atoms with Crippen LogP contribution in [0.2, 0.25) is 0 Å². The van der Waals surface area contributed by atoms with E-state index in [9.17, 15) is 9.59 Å². The molecule has 2 N–H and O–H groups in total. The van der Waals surface area contributed by atoms with Gasteiger partial charge in [-0.25, -0.2) is 0 Å². The molecule has 1 aromatic carbocycles. The molecule has 0 fully saturated rings. The van der Waals surface area contributed by atoms with Gasteiger partial charge in [0.05, 0.1) is 5.56 Å². The molecular formula is C9H8INO2.